The first kappa shape index (κ1) is 25.0. The zero-order valence-corrected chi connectivity index (χ0v) is 22.4. The Bertz CT molecular complexity index is 1570. The normalized spacial score (nSPS) is 19.6. The summed E-state index contributed by atoms with van der Waals surface area (Å²) in [7, 11) is 1.60. The van der Waals surface area contributed by atoms with Crippen LogP contribution in [-0.2, 0) is 4.79 Å². The Morgan fingerprint density at radius 3 is 2.44 bits per heavy atom. The molecule has 10 nitrogen and oxygen atoms in total. The molecule has 2 aliphatic heterocycles. The Balaban J connectivity index is 1.16. The van der Waals surface area contributed by atoms with Crippen LogP contribution in [0.3, 0.4) is 0 Å². The van der Waals surface area contributed by atoms with E-state index in [0.29, 0.717) is 36.8 Å². The molecule has 2 aromatic heterocycles. The molecule has 0 saturated carbocycles. The van der Waals surface area contributed by atoms with Crippen LogP contribution in [0.5, 0.6) is 5.75 Å². The van der Waals surface area contributed by atoms with E-state index in [1.165, 1.54) is 0 Å². The summed E-state index contributed by atoms with van der Waals surface area (Å²) in [5, 5.41) is 3.84. The Labute approximate surface area is 225 Å². The van der Waals surface area contributed by atoms with Gasteiger partial charge in [-0.25, -0.2) is 4.98 Å². The van der Waals surface area contributed by atoms with Crippen molar-refractivity contribution in [2.24, 2.45) is 5.41 Å². The van der Waals surface area contributed by atoms with E-state index >= 15 is 0 Å². The van der Waals surface area contributed by atoms with Crippen LogP contribution >= 0.6 is 0 Å². The molecule has 3 amide bonds. The van der Waals surface area contributed by atoms with Crippen molar-refractivity contribution in [1.82, 2.24) is 30.1 Å². The van der Waals surface area contributed by atoms with Crippen LogP contribution in [0.25, 0.3) is 21.9 Å². The Morgan fingerprint density at radius 1 is 1.00 bits per heavy atom. The summed E-state index contributed by atoms with van der Waals surface area (Å²) in [5.74, 6) is 0.397. The number of likely N-dealkylation sites (tertiary alicyclic amines) is 2. The first-order chi connectivity index (χ1) is 18.6. The van der Waals surface area contributed by atoms with E-state index in [1.54, 1.807) is 13.2 Å². The molecule has 4 aromatic rings. The third-order valence-electron chi connectivity index (χ3n) is 7.84. The highest BCUT2D eigenvalue weighted by Gasteiger charge is 2.50. The molecule has 0 radical (unpaired) electrons. The third kappa shape index (κ3) is 4.39. The van der Waals surface area contributed by atoms with Crippen LogP contribution in [0, 0.1) is 5.41 Å². The average molecular weight is 529 g/mol. The van der Waals surface area contributed by atoms with E-state index in [9.17, 15) is 14.4 Å². The lowest BCUT2D eigenvalue weighted by atomic mass is 9.85. The van der Waals surface area contributed by atoms with E-state index in [1.807, 2.05) is 73.0 Å². The predicted molar refractivity (Wildman–Crippen MR) is 147 cm³/mol. The van der Waals surface area contributed by atoms with Gasteiger partial charge in [0.25, 0.3) is 11.8 Å². The first-order valence-electron chi connectivity index (χ1n) is 13.2. The van der Waals surface area contributed by atoms with E-state index in [2.05, 4.69) is 20.3 Å². The minimum absolute atomic E-state index is 0.0836. The molecule has 4 heterocycles. The lowest BCUT2D eigenvalue weighted by Crippen LogP contribution is -2.59. The lowest BCUT2D eigenvalue weighted by Gasteiger charge is -2.39. The van der Waals surface area contributed by atoms with Crippen LogP contribution in [0.15, 0.2) is 48.5 Å². The van der Waals surface area contributed by atoms with Gasteiger partial charge in [0.1, 0.15) is 17.5 Å². The molecule has 2 bridgehead atoms. The fourth-order valence-electron chi connectivity index (χ4n) is 5.76. The average Bonchev–Trinajstić information content (AvgIpc) is 3.71. The molecule has 202 valence electrons. The van der Waals surface area contributed by atoms with Crippen LogP contribution in [-0.4, -0.2) is 80.8 Å². The molecule has 0 spiro atoms. The molecule has 10 heteroatoms. The number of hydrogen-bond donors (Lipinski definition) is 3. The number of amides is 3. The number of aromatic amines is 2. The van der Waals surface area contributed by atoms with E-state index in [0.717, 1.165) is 21.9 Å². The molecular formula is C29H32N6O4. The quantitative estimate of drug-likeness (QED) is 0.367. The number of nitrogens with one attached hydrogen (secondary N) is 3. The van der Waals surface area contributed by atoms with Gasteiger partial charge in [-0.05, 0) is 48.2 Å². The number of methoxy groups -OCH3 is 1. The number of benzene rings is 2. The minimum atomic E-state index is -0.732. The van der Waals surface area contributed by atoms with Crippen molar-refractivity contribution >= 4 is 39.7 Å². The zero-order valence-electron chi connectivity index (χ0n) is 22.4. The minimum Gasteiger partial charge on any atom is -0.497 e. The molecule has 3 N–H and O–H groups in total. The number of piperazine rings is 1. The number of carbonyl (C=O) groups is 3. The van der Waals surface area contributed by atoms with E-state index in [4.69, 9.17) is 4.74 Å². The summed E-state index contributed by atoms with van der Waals surface area (Å²) < 4.78 is 5.28. The molecule has 3 atom stereocenters. The maximum Gasteiger partial charge on any atom is 0.290 e. The van der Waals surface area contributed by atoms with Crippen molar-refractivity contribution in [3.05, 3.63) is 60.0 Å². The number of imidazole rings is 1. The lowest BCUT2D eigenvalue weighted by molar-refractivity contribution is -0.138. The molecule has 2 aromatic carbocycles. The highest BCUT2D eigenvalue weighted by molar-refractivity contribution is 6.01. The fraction of sp³-hybridized carbons (Fsp3) is 0.379. The van der Waals surface area contributed by atoms with Gasteiger partial charge in [-0.2, -0.15) is 0 Å². The van der Waals surface area contributed by atoms with Gasteiger partial charge in [-0.1, -0.05) is 32.9 Å². The van der Waals surface area contributed by atoms with Crippen LogP contribution in [0.1, 0.15) is 48.3 Å². The van der Waals surface area contributed by atoms with Gasteiger partial charge in [-0.15, -0.1) is 0 Å². The van der Waals surface area contributed by atoms with Crippen molar-refractivity contribution in [2.45, 2.75) is 45.3 Å². The SMILES string of the molecule is COc1ccc2[nH]c(C(=O)NC(C(=O)N3CC4CC3CN4C(=O)c3nc4ccccc4[nH]3)C(C)(C)C)cc2c1. The van der Waals surface area contributed by atoms with Crippen LogP contribution in [0.4, 0.5) is 0 Å². The number of hydrogen-bond acceptors (Lipinski definition) is 5. The number of para-hydroxylation sites is 2. The number of nitrogens with zero attached hydrogens (tertiary/aromatic N) is 3. The first-order valence-corrected chi connectivity index (χ1v) is 13.2. The van der Waals surface area contributed by atoms with Crippen molar-refractivity contribution in [1.29, 1.82) is 0 Å². The van der Waals surface area contributed by atoms with E-state index in [-0.39, 0.29) is 29.8 Å². The number of aromatic nitrogens is 3. The van der Waals surface area contributed by atoms with Gasteiger partial charge in [0, 0.05) is 24.0 Å². The molecule has 39 heavy (non-hydrogen) atoms. The summed E-state index contributed by atoms with van der Waals surface area (Å²) in [6.45, 7) is 6.71. The second-order valence-electron chi connectivity index (χ2n) is 11.5. The monoisotopic (exact) mass is 528 g/mol. The number of carbonyl (C=O) groups excluding carboxylic acids is 3. The van der Waals surface area contributed by atoms with Crippen molar-refractivity contribution in [3.63, 3.8) is 0 Å². The summed E-state index contributed by atoms with van der Waals surface area (Å²) in [6.07, 6.45) is 0.715. The zero-order chi connectivity index (χ0) is 27.5. The molecule has 2 aliphatic rings. The highest BCUT2D eigenvalue weighted by Crippen LogP contribution is 2.34. The molecule has 2 saturated heterocycles. The largest absolute Gasteiger partial charge is 0.497 e. The Kier molecular flexibility index (Phi) is 5.85. The second-order valence-corrected chi connectivity index (χ2v) is 11.5. The molecule has 2 fully saturated rings. The highest BCUT2D eigenvalue weighted by atomic mass is 16.5. The summed E-state index contributed by atoms with van der Waals surface area (Å²) in [4.78, 5) is 54.7. The summed E-state index contributed by atoms with van der Waals surface area (Å²) in [5.41, 5.74) is 2.24. The maximum atomic E-state index is 13.8. The van der Waals surface area contributed by atoms with E-state index < -0.39 is 11.5 Å². The molecule has 6 rings (SSSR count). The van der Waals surface area contributed by atoms with Gasteiger partial charge in [0.2, 0.25) is 5.91 Å². The smallest absolute Gasteiger partial charge is 0.290 e. The van der Waals surface area contributed by atoms with Gasteiger partial charge in [-0.3, -0.25) is 14.4 Å². The number of H-pyrrole nitrogens is 2. The van der Waals surface area contributed by atoms with Crippen molar-refractivity contribution in [2.75, 3.05) is 20.2 Å². The number of ether oxygens (including phenoxy) is 1. The topological polar surface area (TPSA) is 123 Å². The van der Waals surface area contributed by atoms with Crippen LogP contribution in [0.2, 0.25) is 0 Å². The molecule has 3 unspecified atom stereocenters. The Hall–Kier alpha value is -4.34. The third-order valence-corrected chi connectivity index (χ3v) is 7.84. The van der Waals surface area contributed by atoms with Crippen molar-refractivity contribution in [3.8, 4) is 5.75 Å². The van der Waals surface area contributed by atoms with Gasteiger partial charge >= 0.3 is 0 Å². The number of fused-ring (bicyclic) bond motifs is 4. The second kappa shape index (κ2) is 9.14. The summed E-state index contributed by atoms with van der Waals surface area (Å²) >= 11 is 0. The van der Waals surface area contributed by atoms with Gasteiger partial charge in [0.15, 0.2) is 5.82 Å². The van der Waals surface area contributed by atoms with Gasteiger partial charge in [0.05, 0.1) is 30.2 Å². The number of rotatable bonds is 5. The molecular weight excluding hydrogens is 496 g/mol. The summed E-state index contributed by atoms with van der Waals surface area (Å²) in [6, 6.07) is 13.9. The van der Waals surface area contributed by atoms with Crippen molar-refractivity contribution < 1.29 is 19.1 Å². The van der Waals surface area contributed by atoms with Gasteiger partial charge < -0.3 is 29.8 Å². The molecule has 0 aliphatic carbocycles. The fourth-order valence-corrected chi connectivity index (χ4v) is 5.76. The standard InChI is InChI=1S/C29H32N6O4/c1-29(2,3)24(33-26(36)23-12-16-11-19(39-4)9-10-20(16)30-23)27(37)34-14-18-13-17(34)15-35(18)28(38)25-31-21-7-5-6-8-22(21)32-25/h5-12,17-18,24,30H,13-15H2,1-4H3,(H,31,32)(H,33,36). The maximum absolute atomic E-state index is 13.8. The van der Waals surface area contributed by atoms with Crippen LogP contribution < -0.4 is 10.1 Å². The Morgan fingerprint density at radius 2 is 1.74 bits per heavy atom. The predicted octanol–water partition coefficient (Wildman–Crippen LogP) is 3.32.